The van der Waals surface area contributed by atoms with Crippen LogP contribution in [0.1, 0.15) is 25.0 Å². The monoisotopic (exact) mass is 878 g/mol. The normalized spacial score (nSPS) is 12.8. The summed E-state index contributed by atoms with van der Waals surface area (Å²) >= 11 is 7.08. The standard InChI is InChI=1S/C63H43ClN2O/c1-63(2)56-33-29-42(44-34-45(64)38-49(35-44)65(46-18-8-4-9-19-46)48-30-26-41(27-31-48)40-16-6-3-7-17-40)36-54(56)50-32-28-43(37-57(50)63)53-39-55-51-22-12-14-24-58(51)66(47-20-10-5-11-21-47)61(55)60-52-23-13-15-25-59(52)67-62(53)60/h3-39H,1-2H3. The van der Waals surface area contributed by atoms with Crippen LogP contribution in [-0.4, -0.2) is 4.57 Å². The Labute approximate surface area is 394 Å². The molecule has 67 heavy (non-hydrogen) atoms. The predicted octanol–water partition coefficient (Wildman–Crippen LogP) is 18.1. The van der Waals surface area contributed by atoms with E-state index < -0.39 is 0 Å². The van der Waals surface area contributed by atoms with Gasteiger partial charge in [-0.1, -0.05) is 165 Å². The van der Waals surface area contributed by atoms with Crippen molar-refractivity contribution in [3.8, 4) is 50.2 Å². The summed E-state index contributed by atoms with van der Waals surface area (Å²) in [5.41, 5.74) is 20.0. The lowest BCUT2D eigenvalue weighted by Gasteiger charge is -2.26. The Morgan fingerprint density at radius 3 is 1.87 bits per heavy atom. The van der Waals surface area contributed by atoms with Gasteiger partial charge in [0.25, 0.3) is 0 Å². The second-order valence-electron chi connectivity index (χ2n) is 18.2. The van der Waals surface area contributed by atoms with Crippen molar-refractivity contribution in [2.45, 2.75) is 19.3 Å². The lowest BCUT2D eigenvalue weighted by atomic mass is 9.81. The molecule has 1 aliphatic rings. The van der Waals surface area contributed by atoms with Crippen molar-refractivity contribution in [2.75, 3.05) is 4.90 Å². The van der Waals surface area contributed by atoms with Crippen LogP contribution in [0.3, 0.4) is 0 Å². The second kappa shape index (κ2) is 15.2. The number of para-hydroxylation sites is 4. The summed E-state index contributed by atoms with van der Waals surface area (Å²) in [4.78, 5) is 2.28. The van der Waals surface area contributed by atoms with E-state index in [4.69, 9.17) is 16.0 Å². The molecule has 3 nitrogen and oxygen atoms in total. The van der Waals surface area contributed by atoms with E-state index in [9.17, 15) is 0 Å². The fourth-order valence-corrected chi connectivity index (χ4v) is 11.1. The predicted molar refractivity (Wildman–Crippen MR) is 282 cm³/mol. The Morgan fingerprint density at radius 1 is 0.433 bits per heavy atom. The Bertz CT molecular complexity index is 3890. The molecule has 0 saturated heterocycles. The number of hydrogen-bond donors (Lipinski definition) is 0. The van der Waals surface area contributed by atoms with Crippen LogP contribution in [0.2, 0.25) is 5.02 Å². The van der Waals surface area contributed by atoms with Crippen molar-refractivity contribution in [1.29, 1.82) is 0 Å². The van der Waals surface area contributed by atoms with E-state index in [2.05, 4.69) is 248 Å². The number of nitrogens with zero attached hydrogens (tertiary/aromatic N) is 2. The largest absolute Gasteiger partial charge is 0.455 e. The zero-order valence-electron chi connectivity index (χ0n) is 37.0. The molecule has 0 atom stereocenters. The van der Waals surface area contributed by atoms with Crippen molar-refractivity contribution in [2.24, 2.45) is 0 Å². The topological polar surface area (TPSA) is 21.3 Å². The molecule has 0 radical (unpaired) electrons. The van der Waals surface area contributed by atoms with Gasteiger partial charge in [0.1, 0.15) is 11.2 Å². The van der Waals surface area contributed by atoms with Gasteiger partial charge in [-0.3, -0.25) is 0 Å². The highest BCUT2D eigenvalue weighted by molar-refractivity contribution is 6.31. The maximum Gasteiger partial charge on any atom is 0.145 e. The van der Waals surface area contributed by atoms with E-state index in [0.29, 0.717) is 5.02 Å². The third kappa shape index (κ3) is 6.27. The van der Waals surface area contributed by atoms with Crippen LogP contribution in [0.5, 0.6) is 0 Å². The summed E-state index contributed by atoms with van der Waals surface area (Å²) < 4.78 is 9.33. The molecule has 4 heteroatoms. The Hall–Kier alpha value is -8.11. The van der Waals surface area contributed by atoms with Crippen molar-refractivity contribution in [1.82, 2.24) is 4.57 Å². The molecule has 10 aromatic carbocycles. The molecule has 0 amide bonds. The average Bonchev–Trinajstić information content (AvgIpc) is 4.00. The highest BCUT2D eigenvalue weighted by atomic mass is 35.5. The maximum absolute atomic E-state index is 7.08. The first kappa shape index (κ1) is 39.3. The van der Waals surface area contributed by atoms with E-state index in [0.717, 1.165) is 72.5 Å². The molecule has 318 valence electrons. The van der Waals surface area contributed by atoms with Gasteiger partial charge in [0.15, 0.2) is 0 Å². The second-order valence-corrected chi connectivity index (χ2v) is 18.7. The maximum atomic E-state index is 7.08. The number of furan rings is 1. The summed E-state index contributed by atoms with van der Waals surface area (Å²) in [6, 6.07) is 80.5. The molecular weight excluding hydrogens is 836 g/mol. The molecule has 12 aromatic rings. The van der Waals surface area contributed by atoms with E-state index in [1.807, 2.05) is 0 Å². The van der Waals surface area contributed by atoms with Gasteiger partial charge in [-0.05, 0) is 135 Å². The minimum absolute atomic E-state index is 0.241. The number of hydrogen-bond acceptors (Lipinski definition) is 2. The molecule has 0 unspecified atom stereocenters. The molecule has 2 aromatic heterocycles. The zero-order chi connectivity index (χ0) is 44.8. The van der Waals surface area contributed by atoms with E-state index in [1.54, 1.807) is 0 Å². The highest BCUT2D eigenvalue weighted by Crippen LogP contribution is 2.53. The van der Waals surface area contributed by atoms with Gasteiger partial charge in [-0.25, -0.2) is 0 Å². The minimum atomic E-state index is -0.241. The van der Waals surface area contributed by atoms with Gasteiger partial charge in [-0.15, -0.1) is 0 Å². The van der Waals surface area contributed by atoms with Gasteiger partial charge in [0, 0.05) is 54.9 Å². The summed E-state index contributed by atoms with van der Waals surface area (Å²) in [6.45, 7) is 4.71. The third-order valence-corrected chi connectivity index (χ3v) is 14.2. The molecule has 0 spiro atoms. The van der Waals surface area contributed by atoms with Crippen LogP contribution in [0, 0.1) is 0 Å². The molecular formula is C63H43ClN2O. The molecule has 0 N–H and O–H groups in total. The number of benzene rings is 10. The van der Waals surface area contributed by atoms with Crippen molar-refractivity contribution in [3.63, 3.8) is 0 Å². The van der Waals surface area contributed by atoms with Crippen LogP contribution < -0.4 is 4.90 Å². The molecule has 0 fully saturated rings. The number of fused-ring (bicyclic) bond motifs is 10. The van der Waals surface area contributed by atoms with Crippen molar-refractivity contribution in [3.05, 3.63) is 241 Å². The first-order valence-corrected chi connectivity index (χ1v) is 23.3. The zero-order valence-corrected chi connectivity index (χ0v) is 37.8. The molecule has 1 aliphatic carbocycles. The van der Waals surface area contributed by atoms with E-state index in [1.165, 1.54) is 49.7 Å². The first-order chi connectivity index (χ1) is 32.9. The molecule has 0 aliphatic heterocycles. The molecule has 13 rings (SSSR count). The summed E-state index contributed by atoms with van der Waals surface area (Å²) in [5, 5.41) is 5.35. The average molecular weight is 880 g/mol. The van der Waals surface area contributed by atoms with Gasteiger partial charge in [0.05, 0.1) is 16.4 Å². The van der Waals surface area contributed by atoms with Gasteiger partial charge in [0.2, 0.25) is 0 Å². The van der Waals surface area contributed by atoms with Gasteiger partial charge in [-0.2, -0.15) is 0 Å². The Balaban J connectivity index is 0.935. The van der Waals surface area contributed by atoms with E-state index >= 15 is 0 Å². The molecule has 0 saturated carbocycles. The quantitative estimate of drug-likeness (QED) is 0.159. The Kier molecular flexibility index (Phi) is 8.93. The van der Waals surface area contributed by atoms with Crippen LogP contribution in [0.25, 0.3) is 93.9 Å². The van der Waals surface area contributed by atoms with Gasteiger partial charge < -0.3 is 13.9 Å². The highest BCUT2D eigenvalue weighted by Gasteiger charge is 2.36. The number of halogens is 1. The molecule has 2 heterocycles. The summed E-state index contributed by atoms with van der Waals surface area (Å²) in [5.74, 6) is 0. The SMILES string of the molecule is CC1(C)c2ccc(-c3cc(Cl)cc(N(c4ccccc4)c4ccc(-c5ccccc5)cc4)c3)cc2-c2ccc(-c3cc4c5ccccc5n(-c5ccccc5)c4c4c3oc3ccccc34)cc21. The van der Waals surface area contributed by atoms with Crippen LogP contribution in [-0.2, 0) is 5.41 Å². The fraction of sp³-hybridized carbons (Fsp3) is 0.0476. The van der Waals surface area contributed by atoms with Crippen LogP contribution >= 0.6 is 11.6 Å². The smallest absolute Gasteiger partial charge is 0.145 e. The summed E-state index contributed by atoms with van der Waals surface area (Å²) in [7, 11) is 0. The lowest BCUT2D eigenvalue weighted by molar-refractivity contribution is 0.660. The minimum Gasteiger partial charge on any atom is -0.455 e. The third-order valence-electron chi connectivity index (χ3n) is 14.0. The number of aromatic nitrogens is 1. The molecule has 0 bridgehead atoms. The van der Waals surface area contributed by atoms with Gasteiger partial charge >= 0.3 is 0 Å². The number of anilines is 3. The fourth-order valence-electron chi connectivity index (χ4n) is 10.8. The van der Waals surface area contributed by atoms with E-state index in [-0.39, 0.29) is 5.41 Å². The number of rotatable bonds is 7. The van der Waals surface area contributed by atoms with Crippen LogP contribution in [0.15, 0.2) is 229 Å². The van der Waals surface area contributed by atoms with Crippen molar-refractivity contribution < 1.29 is 4.42 Å². The van der Waals surface area contributed by atoms with Crippen molar-refractivity contribution >= 4 is 72.4 Å². The summed E-state index contributed by atoms with van der Waals surface area (Å²) in [6.07, 6.45) is 0. The lowest BCUT2D eigenvalue weighted by Crippen LogP contribution is -2.15. The van der Waals surface area contributed by atoms with Crippen LogP contribution in [0.4, 0.5) is 17.1 Å². The Morgan fingerprint density at radius 2 is 1.07 bits per heavy atom. The first-order valence-electron chi connectivity index (χ1n) is 22.9.